The van der Waals surface area contributed by atoms with Crippen LogP contribution in [0.4, 0.5) is 5.69 Å². The lowest BCUT2D eigenvalue weighted by molar-refractivity contribution is -0.121. The molecule has 0 aliphatic rings. The van der Waals surface area contributed by atoms with Crippen LogP contribution in [0.5, 0.6) is 11.5 Å². The van der Waals surface area contributed by atoms with Crippen LogP contribution < -0.4 is 20.1 Å². The maximum Gasteiger partial charge on any atom is 0.222 e. The molecule has 0 unspecified atom stereocenters. The average Bonchev–Trinajstić information content (AvgIpc) is 2.62. The van der Waals surface area contributed by atoms with Crippen molar-refractivity contribution in [2.24, 2.45) is 0 Å². The summed E-state index contributed by atoms with van der Waals surface area (Å²) in [7, 11) is 3.16. The summed E-state index contributed by atoms with van der Waals surface area (Å²) in [5.74, 6) is 1.21. The van der Waals surface area contributed by atoms with Crippen LogP contribution in [0, 0.1) is 0 Å². The smallest absolute Gasteiger partial charge is 0.222 e. The third kappa shape index (κ3) is 5.73. The molecule has 0 aromatic heterocycles. The van der Waals surface area contributed by atoms with E-state index < -0.39 is 0 Å². The highest BCUT2D eigenvalue weighted by atomic mass is 35.5. The standard InChI is InChI=1S/C18H20Cl2N2O3/c1-24-16-6-3-12(9-17(16)25-2)11-22-18(23)7-8-21-15-10-13(19)4-5-14(15)20/h3-6,9-10,21H,7-8,11H2,1-2H3,(H,22,23). The Hall–Kier alpha value is -2.11. The molecule has 7 heteroatoms. The zero-order valence-corrected chi connectivity index (χ0v) is 15.6. The molecular weight excluding hydrogens is 363 g/mol. The van der Waals surface area contributed by atoms with Crippen molar-refractivity contribution in [1.29, 1.82) is 0 Å². The Kier molecular flexibility index (Phi) is 7.22. The number of hydrogen-bond acceptors (Lipinski definition) is 4. The Morgan fingerprint density at radius 1 is 1.04 bits per heavy atom. The van der Waals surface area contributed by atoms with Crippen molar-refractivity contribution in [2.45, 2.75) is 13.0 Å². The fraction of sp³-hybridized carbons (Fsp3) is 0.278. The van der Waals surface area contributed by atoms with Crippen molar-refractivity contribution in [3.05, 3.63) is 52.0 Å². The topological polar surface area (TPSA) is 59.6 Å². The van der Waals surface area contributed by atoms with Gasteiger partial charge in [0.05, 0.1) is 24.9 Å². The maximum absolute atomic E-state index is 12.0. The monoisotopic (exact) mass is 382 g/mol. The van der Waals surface area contributed by atoms with Gasteiger partial charge in [0.25, 0.3) is 0 Å². The molecule has 2 aromatic rings. The Balaban J connectivity index is 1.80. The number of benzene rings is 2. The molecule has 0 aliphatic carbocycles. The number of ether oxygens (including phenoxy) is 2. The molecule has 0 aliphatic heterocycles. The van der Waals surface area contributed by atoms with E-state index in [9.17, 15) is 4.79 Å². The first-order valence-electron chi connectivity index (χ1n) is 7.70. The lowest BCUT2D eigenvalue weighted by atomic mass is 10.2. The van der Waals surface area contributed by atoms with E-state index >= 15 is 0 Å². The van der Waals surface area contributed by atoms with Gasteiger partial charge in [0.1, 0.15) is 0 Å². The summed E-state index contributed by atoms with van der Waals surface area (Å²) in [5.41, 5.74) is 1.64. The van der Waals surface area contributed by atoms with Gasteiger partial charge >= 0.3 is 0 Å². The third-order valence-electron chi connectivity index (χ3n) is 3.53. The lowest BCUT2D eigenvalue weighted by Crippen LogP contribution is -2.24. The van der Waals surface area contributed by atoms with Gasteiger partial charge < -0.3 is 20.1 Å². The Morgan fingerprint density at radius 3 is 2.52 bits per heavy atom. The maximum atomic E-state index is 12.0. The van der Waals surface area contributed by atoms with E-state index in [1.54, 1.807) is 32.4 Å². The fourth-order valence-corrected chi connectivity index (χ4v) is 2.58. The Bertz CT molecular complexity index is 738. The molecule has 0 fully saturated rings. The molecule has 0 saturated carbocycles. The SMILES string of the molecule is COc1ccc(CNC(=O)CCNc2cc(Cl)ccc2Cl)cc1OC. The summed E-state index contributed by atoms with van der Waals surface area (Å²) in [6.45, 7) is 0.870. The van der Waals surface area contributed by atoms with Crippen LogP contribution in [0.25, 0.3) is 0 Å². The molecule has 2 rings (SSSR count). The van der Waals surface area contributed by atoms with Crippen molar-refractivity contribution in [2.75, 3.05) is 26.1 Å². The Morgan fingerprint density at radius 2 is 1.80 bits per heavy atom. The molecule has 0 bridgehead atoms. The van der Waals surface area contributed by atoms with Gasteiger partial charge in [-0.05, 0) is 35.9 Å². The summed E-state index contributed by atoms with van der Waals surface area (Å²) < 4.78 is 10.4. The number of rotatable bonds is 8. The lowest BCUT2D eigenvalue weighted by Gasteiger charge is -2.11. The highest BCUT2D eigenvalue weighted by Gasteiger charge is 2.07. The fourth-order valence-electron chi connectivity index (χ4n) is 2.22. The van der Waals surface area contributed by atoms with Crippen LogP contribution in [0.15, 0.2) is 36.4 Å². The zero-order chi connectivity index (χ0) is 18.2. The molecule has 0 spiro atoms. The van der Waals surface area contributed by atoms with Crippen molar-refractivity contribution in [3.8, 4) is 11.5 Å². The van der Waals surface area contributed by atoms with Gasteiger partial charge in [-0.1, -0.05) is 29.3 Å². The first kappa shape index (κ1) is 19.2. The molecule has 0 radical (unpaired) electrons. The first-order chi connectivity index (χ1) is 12.0. The summed E-state index contributed by atoms with van der Waals surface area (Å²) in [6.07, 6.45) is 0.316. The normalized spacial score (nSPS) is 10.2. The molecule has 0 saturated heterocycles. The van der Waals surface area contributed by atoms with Gasteiger partial charge in [-0.15, -0.1) is 0 Å². The van der Waals surface area contributed by atoms with Crippen LogP contribution in [0.1, 0.15) is 12.0 Å². The number of anilines is 1. The van der Waals surface area contributed by atoms with Gasteiger partial charge in [0.2, 0.25) is 5.91 Å². The van der Waals surface area contributed by atoms with E-state index in [4.69, 9.17) is 32.7 Å². The largest absolute Gasteiger partial charge is 0.493 e. The molecular formula is C18H20Cl2N2O3. The van der Waals surface area contributed by atoms with E-state index in [0.717, 1.165) is 5.56 Å². The third-order valence-corrected chi connectivity index (χ3v) is 4.10. The van der Waals surface area contributed by atoms with Crippen molar-refractivity contribution in [3.63, 3.8) is 0 Å². The van der Waals surface area contributed by atoms with E-state index in [1.165, 1.54) is 0 Å². The first-order valence-corrected chi connectivity index (χ1v) is 8.45. The van der Waals surface area contributed by atoms with Crippen molar-refractivity contribution in [1.82, 2.24) is 5.32 Å². The molecule has 1 amide bonds. The summed E-state index contributed by atoms with van der Waals surface area (Å²) in [5, 5.41) is 7.12. The molecule has 0 heterocycles. The van der Waals surface area contributed by atoms with Crippen molar-refractivity contribution < 1.29 is 14.3 Å². The number of carbonyl (C=O) groups excluding carboxylic acids is 1. The number of methoxy groups -OCH3 is 2. The van der Waals surface area contributed by atoms with E-state index in [1.807, 2.05) is 18.2 Å². The summed E-state index contributed by atoms with van der Waals surface area (Å²) >= 11 is 12.0. The minimum Gasteiger partial charge on any atom is -0.493 e. The molecule has 25 heavy (non-hydrogen) atoms. The molecule has 2 N–H and O–H groups in total. The highest BCUT2D eigenvalue weighted by Crippen LogP contribution is 2.27. The van der Waals surface area contributed by atoms with Gasteiger partial charge in [-0.25, -0.2) is 0 Å². The zero-order valence-electron chi connectivity index (χ0n) is 14.1. The van der Waals surface area contributed by atoms with Crippen molar-refractivity contribution >= 4 is 34.8 Å². The van der Waals surface area contributed by atoms with Gasteiger partial charge in [-0.3, -0.25) is 4.79 Å². The molecule has 134 valence electrons. The van der Waals surface area contributed by atoms with Gasteiger partial charge in [0.15, 0.2) is 11.5 Å². The van der Waals surface area contributed by atoms with E-state index in [2.05, 4.69) is 10.6 Å². The minimum absolute atomic E-state index is 0.0690. The van der Waals surface area contributed by atoms with E-state index in [-0.39, 0.29) is 5.91 Å². The number of halogens is 2. The second kappa shape index (κ2) is 9.39. The predicted octanol–water partition coefficient (Wildman–Crippen LogP) is 4.13. The number of amides is 1. The number of nitrogens with one attached hydrogen (secondary N) is 2. The van der Waals surface area contributed by atoms with Crippen LogP contribution in [-0.4, -0.2) is 26.7 Å². The minimum atomic E-state index is -0.0690. The van der Waals surface area contributed by atoms with Crippen LogP contribution in [0.3, 0.4) is 0 Å². The second-order valence-electron chi connectivity index (χ2n) is 5.27. The second-order valence-corrected chi connectivity index (χ2v) is 6.11. The van der Waals surface area contributed by atoms with E-state index in [0.29, 0.717) is 46.7 Å². The van der Waals surface area contributed by atoms with Gasteiger partial charge in [0, 0.05) is 24.5 Å². The van der Waals surface area contributed by atoms with Crippen LogP contribution >= 0.6 is 23.2 Å². The Labute approximate surface area is 157 Å². The number of hydrogen-bond donors (Lipinski definition) is 2. The summed E-state index contributed by atoms with van der Waals surface area (Å²) in [6, 6.07) is 10.7. The highest BCUT2D eigenvalue weighted by molar-refractivity contribution is 6.35. The average molecular weight is 383 g/mol. The van der Waals surface area contributed by atoms with Crippen LogP contribution in [-0.2, 0) is 11.3 Å². The summed E-state index contributed by atoms with van der Waals surface area (Å²) in [4.78, 5) is 12.0. The number of carbonyl (C=O) groups is 1. The predicted molar refractivity (Wildman–Crippen MR) is 101 cm³/mol. The van der Waals surface area contributed by atoms with Crippen LogP contribution in [0.2, 0.25) is 10.0 Å². The molecule has 0 atom stereocenters. The molecule has 2 aromatic carbocycles. The molecule has 5 nitrogen and oxygen atoms in total. The van der Waals surface area contributed by atoms with Gasteiger partial charge in [-0.2, -0.15) is 0 Å². The quantitative estimate of drug-likeness (QED) is 0.720.